The summed E-state index contributed by atoms with van der Waals surface area (Å²) in [6.07, 6.45) is 7.44. The van der Waals surface area contributed by atoms with Gasteiger partial charge in [-0.05, 0) is 48.2 Å². The maximum Gasteiger partial charge on any atom is 0.156 e. The molecule has 0 aliphatic heterocycles. The van der Waals surface area contributed by atoms with Crippen LogP contribution in [0, 0.1) is 0 Å². The summed E-state index contributed by atoms with van der Waals surface area (Å²) in [6, 6.07) is 7.61. The number of aliphatic hydroxyl groups excluding tert-OH is 2. The van der Waals surface area contributed by atoms with Gasteiger partial charge in [-0.15, -0.1) is 0 Å². The second-order valence-corrected chi connectivity index (χ2v) is 9.66. The minimum absolute atomic E-state index is 0.116. The smallest absolute Gasteiger partial charge is 0.156 e. The predicted molar refractivity (Wildman–Crippen MR) is 131 cm³/mol. The van der Waals surface area contributed by atoms with Crippen molar-refractivity contribution in [1.82, 2.24) is 0 Å². The fourth-order valence-electron chi connectivity index (χ4n) is 4.50. The third-order valence-corrected chi connectivity index (χ3v) is 7.11. The molecule has 0 amide bonds. The lowest BCUT2D eigenvalue weighted by molar-refractivity contribution is 0.201. The van der Waals surface area contributed by atoms with Crippen molar-refractivity contribution in [3.8, 4) is 11.5 Å². The van der Waals surface area contributed by atoms with Crippen LogP contribution in [0.25, 0.3) is 0 Å². The first-order valence-electron chi connectivity index (χ1n) is 10.9. The Morgan fingerprint density at radius 3 is 1.31 bits per heavy atom. The average molecular weight is 522 g/mol. The molecule has 0 atom stereocenters. The molecule has 2 aromatic carbocycles. The summed E-state index contributed by atoms with van der Waals surface area (Å²) in [5.41, 5.74) is 1.61. The molecule has 1 saturated carbocycles. The summed E-state index contributed by atoms with van der Waals surface area (Å²) in [5, 5.41) is 19.8. The minimum atomic E-state index is -0.369. The Morgan fingerprint density at radius 2 is 0.969 bits per heavy atom. The zero-order valence-electron chi connectivity index (χ0n) is 17.8. The number of benzene rings is 2. The van der Waals surface area contributed by atoms with Gasteiger partial charge in [0.1, 0.15) is 13.2 Å². The van der Waals surface area contributed by atoms with Crippen molar-refractivity contribution in [2.45, 2.75) is 50.4 Å². The van der Waals surface area contributed by atoms with Gasteiger partial charge in [0.2, 0.25) is 0 Å². The highest BCUT2D eigenvalue weighted by Crippen LogP contribution is 2.49. The van der Waals surface area contributed by atoms with E-state index in [1.54, 1.807) is 0 Å². The van der Waals surface area contributed by atoms with Crippen molar-refractivity contribution in [3.05, 3.63) is 55.5 Å². The van der Waals surface area contributed by atoms with E-state index in [0.717, 1.165) is 49.7 Å². The van der Waals surface area contributed by atoms with Crippen molar-refractivity contribution < 1.29 is 19.7 Å². The molecular weight excluding hydrogens is 494 g/mol. The summed E-state index contributed by atoms with van der Waals surface area (Å²) in [6.45, 7) is -0.0189. The van der Waals surface area contributed by atoms with Gasteiger partial charge in [0.05, 0.1) is 33.3 Å². The molecule has 0 unspecified atom stereocenters. The van der Waals surface area contributed by atoms with Crippen LogP contribution in [-0.4, -0.2) is 36.6 Å². The van der Waals surface area contributed by atoms with Gasteiger partial charge >= 0.3 is 0 Å². The topological polar surface area (TPSA) is 58.9 Å². The van der Waals surface area contributed by atoms with Crippen LogP contribution in [0.15, 0.2) is 24.3 Å². The second-order valence-electron chi connectivity index (χ2n) is 8.03. The molecular formula is C24H28Cl4O4. The molecule has 0 saturated heterocycles. The maximum atomic E-state index is 9.08. The molecule has 0 bridgehead atoms. The summed E-state index contributed by atoms with van der Waals surface area (Å²) in [5.74, 6) is 0.742. The molecule has 0 aromatic heterocycles. The van der Waals surface area contributed by atoms with Crippen molar-refractivity contribution in [2.75, 3.05) is 26.4 Å². The number of hydrogen-bond donors (Lipinski definition) is 2. The molecule has 0 radical (unpaired) electrons. The van der Waals surface area contributed by atoms with E-state index >= 15 is 0 Å². The zero-order valence-corrected chi connectivity index (χ0v) is 20.8. The molecule has 0 heterocycles. The van der Waals surface area contributed by atoms with Crippen LogP contribution in [-0.2, 0) is 5.41 Å². The molecule has 1 fully saturated rings. The van der Waals surface area contributed by atoms with Crippen molar-refractivity contribution in [3.63, 3.8) is 0 Å². The highest BCUT2D eigenvalue weighted by molar-refractivity contribution is 6.38. The predicted octanol–water partition coefficient (Wildman–Crippen LogP) is 7.07. The Kier molecular flexibility index (Phi) is 9.66. The van der Waals surface area contributed by atoms with E-state index in [9.17, 15) is 0 Å². The highest BCUT2D eigenvalue weighted by Gasteiger charge is 2.36. The number of rotatable bonds is 8. The Bertz CT molecular complexity index is 799. The molecule has 3 rings (SSSR count). The lowest BCUT2D eigenvalue weighted by Gasteiger charge is -2.38. The van der Waals surface area contributed by atoms with E-state index in [0.29, 0.717) is 31.6 Å². The summed E-state index contributed by atoms with van der Waals surface area (Å²) in [7, 11) is 0. The number of aliphatic hydroxyl groups is 2. The van der Waals surface area contributed by atoms with Gasteiger partial charge in [-0.25, -0.2) is 0 Å². The number of ether oxygens (including phenoxy) is 2. The van der Waals surface area contributed by atoms with E-state index < -0.39 is 0 Å². The first-order chi connectivity index (χ1) is 15.4. The second kappa shape index (κ2) is 12.0. The number of halogens is 4. The van der Waals surface area contributed by atoms with Crippen LogP contribution in [0.2, 0.25) is 20.1 Å². The molecule has 0 spiro atoms. The lowest BCUT2D eigenvalue weighted by Crippen LogP contribution is -2.29. The highest BCUT2D eigenvalue weighted by atomic mass is 35.5. The molecule has 2 N–H and O–H groups in total. The fourth-order valence-corrected chi connectivity index (χ4v) is 5.69. The molecule has 4 nitrogen and oxygen atoms in total. The fraction of sp³-hybridized carbons (Fsp3) is 0.500. The molecule has 2 aromatic rings. The molecule has 176 valence electrons. The monoisotopic (exact) mass is 520 g/mol. The summed E-state index contributed by atoms with van der Waals surface area (Å²) in [4.78, 5) is 0. The van der Waals surface area contributed by atoms with Crippen LogP contribution >= 0.6 is 46.4 Å². The Hall–Kier alpha value is -0.880. The minimum Gasteiger partial charge on any atom is -0.488 e. The van der Waals surface area contributed by atoms with Gasteiger partial charge in [-0.1, -0.05) is 78.5 Å². The third kappa shape index (κ3) is 5.78. The molecule has 8 heteroatoms. The Labute approximate surface area is 209 Å². The van der Waals surface area contributed by atoms with Crippen LogP contribution < -0.4 is 9.47 Å². The third-order valence-electron chi connectivity index (χ3n) is 5.98. The summed E-state index contributed by atoms with van der Waals surface area (Å²) >= 11 is 26.3. The van der Waals surface area contributed by atoms with E-state index in [4.69, 9.17) is 66.1 Å². The standard InChI is InChI=1S/C24H28Cl4O4/c25-18-12-16(13-19(26)22(18)31-10-8-29)24(6-4-2-1-3-5-7-24)17-14-20(27)23(21(28)15-17)32-11-9-30/h12-15,29-30H,1-11H2. The largest absolute Gasteiger partial charge is 0.488 e. The summed E-state index contributed by atoms with van der Waals surface area (Å²) < 4.78 is 11.1. The van der Waals surface area contributed by atoms with Gasteiger partial charge in [-0.3, -0.25) is 0 Å². The van der Waals surface area contributed by atoms with Crippen LogP contribution in [0.3, 0.4) is 0 Å². The lowest BCUT2D eigenvalue weighted by atomic mass is 9.67. The first kappa shape index (κ1) is 25.7. The first-order valence-corrected chi connectivity index (χ1v) is 12.4. The van der Waals surface area contributed by atoms with Gasteiger partial charge in [0.15, 0.2) is 11.5 Å². The zero-order chi connectivity index (χ0) is 23.1. The average Bonchev–Trinajstić information content (AvgIpc) is 2.73. The molecule has 32 heavy (non-hydrogen) atoms. The molecule has 1 aliphatic carbocycles. The van der Waals surface area contributed by atoms with Crippen molar-refractivity contribution in [1.29, 1.82) is 0 Å². The van der Waals surface area contributed by atoms with Crippen molar-refractivity contribution >= 4 is 46.4 Å². The van der Waals surface area contributed by atoms with Gasteiger partial charge in [0.25, 0.3) is 0 Å². The Balaban J connectivity index is 2.12. The van der Waals surface area contributed by atoms with E-state index in [2.05, 4.69) is 0 Å². The normalized spacial score (nSPS) is 16.3. The number of hydrogen-bond acceptors (Lipinski definition) is 4. The van der Waals surface area contributed by atoms with Crippen LogP contribution in [0.1, 0.15) is 56.1 Å². The maximum absolute atomic E-state index is 9.08. The van der Waals surface area contributed by atoms with Gasteiger partial charge in [0, 0.05) is 5.41 Å². The van der Waals surface area contributed by atoms with E-state index in [1.165, 1.54) is 6.42 Å². The van der Waals surface area contributed by atoms with E-state index in [1.807, 2.05) is 24.3 Å². The van der Waals surface area contributed by atoms with Gasteiger partial charge in [-0.2, -0.15) is 0 Å². The van der Waals surface area contributed by atoms with Crippen molar-refractivity contribution in [2.24, 2.45) is 0 Å². The van der Waals surface area contributed by atoms with Gasteiger partial charge < -0.3 is 19.7 Å². The van der Waals surface area contributed by atoms with Crippen LogP contribution in [0.4, 0.5) is 0 Å². The Morgan fingerprint density at radius 1 is 0.625 bits per heavy atom. The SMILES string of the molecule is OCCOc1c(Cl)cc(C2(c3cc(Cl)c(OCCO)c(Cl)c3)CCCCCCC2)cc1Cl. The van der Waals surface area contributed by atoms with Crippen LogP contribution in [0.5, 0.6) is 11.5 Å². The molecule has 1 aliphatic rings. The quantitative estimate of drug-likeness (QED) is 0.390. The van der Waals surface area contributed by atoms with E-state index in [-0.39, 0.29) is 31.8 Å².